The number of ether oxygens (including phenoxy) is 1. The van der Waals surface area contributed by atoms with E-state index in [0.29, 0.717) is 6.42 Å². The molecule has 0 spiro atoms. The number of hydrogen-bond acceptors (Lipinski definition) is 4. The highest BCUT2D eigenvalue weighted by Gasteiger charge is 2.43. The number of ketones is 1. The molecule has 5 heteroatoms. The van der Waals surface area contributed by atoms with Crippen LogP contribution in [-0.4, -0.2) is 23.6 Å². The molecule has 0 radical (unpaired) electrons. The first kappa shape index (κ1) is 18.8. The lowest BCUT2D eigenvalue weighted by Crippen LogP contribution is -2.38. The molecule has 2 atom stereocenters. The van der Waals surface area contributed by atoms with Gasteiger partial charge >= 0.3 is 5.97 Å². The molecule has 0 saturated heterocycles. The van der Waals surface area contributed by atoms with Gasteiger partial charge in [0, 0.05) is 32.9 Å². The first-order valence-electron chi connectivity index (χ1n) is 9.82. The van der Waals surface area contributed by atoms with Crippen molar-refractivity contribution in [3.8, 4) is 0 Å². The predicted molar refractivity (Wildman–Crippen MR) is 113 cm³/mol. The van der Waals surface area contributed by atoms with Gasteiger partial charge in [-0.3, -0.25) is 14.6 Å². The molecule has 1 fully saturated rings. The summed E-state index contributed by atoms with van der Waals surface area (Å²) in [5.41, 5.74) is 3.38. The molecular weight excluding hydrogens is 453 g/mol. The number of benzene rings is 1. The van der Waals surface area contributed by atoms with E-state index < -0.39 is 5.92 Å². The first-order chi connectivity index (χ1) is 13.0. The van der Waals surface area contributed by atoms with Crippen LogP contribution in [-0.2, 0) is 14.3 Å². The summed E-state index contributed by atoms with van der Waals surface area (Å²) in [6.07, 6.45) is 6.31. The van der Waals surface area contributed by atoms with E-state index in [-0.39, 0.29) is 23.8 Å². The van der Waals surface area contributed by atoms with Crippen LogP contribution in [0.5, 0.6) is 0 Å². The Labute approximate surface area is 173 Å². The molecule has 1 unspecified atom stereocenters. The number of aliphatic imine (C=N–C) groups is 1. The number of carbonyl (C=O) groups is 2. The third kappa shape index (κ3) is 3.75. The van der Waals surface area contributed by atoms with Gasteiger partial charge in [-0.05, 0) is 85.7 Å². The molecule has 1 heterocycles. The fourth-order valence-electron chi connectivity index (χ4n) is 4.59. The second-order valence-corrected chi connectivity index (χ2v) is 8.99. The fraction of sp³-hybridized carbons (Fsp3) is 0.500. The molecule has 1 aliphatic heterocycles. The zero-order chi connectivity index (χ0) is 19.0. The molecule has 1 aromatic rings. The minimum atomic E-state index is -0.508. The molecule has 0 N–H and O–H groups in total. The zero-order valence-electron chi connectivity index (χ0n) is 15.5. The Kier molecular flexibility index (Phi) is 5.48. The van der Waals surface area contributed by atoms with Gasteiger partial charge in [-0.15, -0.1) is 0 Å². The van der Waals surface area contributed by atoms with Gasteiger partial charge in [-0.25, -0.2) is 0 Å². The van der Waals surface area contributed by atoms with Gasteiger partial charge in [-0.2, -0.15) is 0 Å². The van der Waals surface area contributed by atoms with Gasteiger partial charge in [0.05, 0.1) is 0 Å². The maximum atomic E-state index is 13.2. The Balaban J connectivity index is 1.74. The molecule has 0 bridgehead atoms. The predicted octanol–water partition coefficient (Wildman–Crippen LogP) is 4.96. The van der Waals surface area contributed by atoms with Gasteiger partial charge in [0.15, 0.2) is 5.78 Å². The molecular formula is C22H24INO3. The summed E-state index contributed by atoms with van der Waals surface area (Å²) >= 11 is 2.27. The standard InChI is InChI=1S/C22H24INO3/c1-13-19(22(26)27-16-5-2-3-6-16)20(14-9-11-15(23)12-10-14)21-17(24-13)7-4-8-18(21)25/h9-12,16,19-20H,2-8H2,1H3/t19?,20-/m0/s1. The van der Waals surface area contributed by atoms with Crippen LogP contribution < -0.4 is 0 Å². The second kappa shape index (κ2) is 7.86. The van der Waals surface area contributed by atoms with E-state index in [2.05, 4.69) is 22.6 Å². The van der Waals surface area contributed by atoms with Gasteiger partial charge in [0.2, 0.25) is 0 Å². The van der Waals surface area contributed by atoms with Gasteiger partial charge < -0.3 is 4.74 Å². The summed E-state index contributed by atoms with van der Waals surface area (Å²) in [6.45, 7) is 1.91. The number of allylic oxidation sites excluding steroid dienone is 2. The molecule has 0 aromatic heterocycles. The summed E-state index contributed by atoms with van der Waals surface area (Å²) in [4.78, 5) is 30.7. The number of hydrogen-bond donors (Lipinski definition) is 0. The Morgan fingerprint density at radius 3 is 2.52 bits per heavy atom. The molecule has 1 saturated carbocycles. The molecule has 4 nitrogen and oxygen atoms in total. The Morgan fingerprint density at radius 1 is 1.11 bits per heavy atom. The average Bonchev–Trinajstić information content (AvgIpc) is 3.14. The number of nitrogens with zero attached hydrogens (tertiary/aromatic N) is 1. The highest BCUT2D eigenvalue weighted by atomic mass is 127. The normalized spacial score (nSPS) is 26.0. The summed E-state index contributed by atoms with van der Waals surface area (Å²) in [7, 11) is 0. The van der Waals surface area contributed by atoms with Crippen LogP contribution in [0, 0.1) is 9.49 Å². The van der Waals surface area contributed by atoms with Crippen molar-refractivity contribution in [2.45, 2.75) is 63.9 Å². The number of halogens is 1. The van der Waals surface area contributed by atoms with E-state index in [9.17, 15) is 9.59 Å². The highest BCUT2D eigenvalue weighted by molar-refractivity contribution is 14.1. The van der Waals surface area contributed by atoms with Crippen LogP contribution >= 0.6 is 22.6 Å². The lowest BCUT2D eigenvalue weighted by Gasteiger charge is -2.35. The van der Waals surface area contributed by atoms with Gasteiger partial charge in [-0.1, -0.05) is 12.1 Å². The molecule has 142 valence electrons. The third-order valence-corrected chi connectivity index (χ3v) is 6.62. The lowest BCUT2D eigenvalue weighted by molar-refractivity contribution is -0.151. The minimum Gasteiger partial charge on any atom is -0.462 e. The number of carbonyl (C=O) groups excluding carboxylic acids is 2. The molecule has 4 rings (SSSR count). The Hall–Kier alpha value is -1.50. The van der Waals surface area contributed by atoms with E-state index in [4.69, 9.17) is 9.73 Å². The summed E-state index contributed by atoms with van der Waals surface area (Å²) in [6, 6.07) is 8.13. The average molecular weight is 477 g/mol. The maximum Gasteiger partial charge on any atom is 0.315 e. The van der Waals surface area contributed by atoms with Crippen molar-refractivity contribution in [1.29, 1.82) is 0 Å². The van der Waals surface area contributed by atoms with Crippen molar-refractivity contribution in [1.82, 2.24) is 0 Å². The number of Topliss-reactive ketones (excluding diaryl/α,β-unsaturated/α-hetero) is 1. The summed E-state index contributed by atoms with van der Waals surface area (Å²) in [5.74, 6) is -0.881. The number of rotatable bonds is 3. The van der Waals surface area contributed by atoms with Crippen molar-refractivity contribution in [3.63, 3.8) is 0 Å². The van der Waals surface area contributed by atoms with E-state index >= 15 is 0 Å². The van der Waals surface area contributed by atoms with Crippen LogP contribution in [0.4, 0.5) is 0 Å². The van der Waals surface area contributed by atoms with Crippen molar-refractivity contribution in [2.75, 3.05) is 0 Å². The topological polar surface area (TPSA) is 55.7 Å². The van der Waals surface area contributed by atoms with Crippen molar-refractivity contribution in [3.05, 3.63) is 44.7 Å². The number of esters is 1. The smallest absolute Gasteiger partial charge is 0.315 e. The highest BCUT2D eigenvalue weighted by Crippen LogP contribution is 2.44. The molecule has 0 amide bonds. The molecule has 3 aliphatic rings. The fourth-order valence-corrected chi connectivity index (χ4v) is 4.95. The van der Waals surface area contributed by atoms with Crippen LogP contribution in [0.1, 0.15) is 63.4 Å². The van der Waals surface area contributed by atoms with Gasteiger partial charge in [0.1, 0.15) is 12.0 Å². The second-order valence-electron chi connectivity index (χ2n) is 7.74. The SMILES string of the molecule is CC1=NC2=C(C(=O)CCC2)[C@@H](c2ccc(I)cc2)C1C(=O)OC1CCCC1. The monoisotopic (exact) mass is 477 g/mol. The lowest BCUT2D eigenvalue weighted by atomic mass is 9.72. The minimum absolute atomic E-state index is 0.0140. The van der Waals surface area contributed by atoms with Crippen LogP contribution in [0.2, 0.25) is 0 Å². The van der Waals surface area contributed by atoms with E-state index in [1.165, 1.54) is 0 Å². The Morgan fingerprint density at radius 2 is 1.81 bits per heavy atom. The molecule has 27 heavy (non-hydrogen) atoms. The quantitative estimate of drug-likeness (QED) is 0.457. The van der Waals surface area contributed by atoms with Gasteiger partial charge in [0.25, 0.3) is 0 Å². The van der Waals surface area contributed by atoms with Crippen LogP contribution in [0.15, 0.2) is 40.5 Å². The molecule has 2 aliphatic carbocycles. The van der Waals surface area contributed by atoms with E-state index in [1.54, 1.807) is 0 Å². The zero-order valence-corrected chi connectivity index (χ0v) is 17.7. The van der Waals surface area contributed by atoms with Crippen molar-refractivity contribution < 1.29 is 14.3 Å². The van der Waals surface area contributed by atoms with Crippen LogP contribution in [0.3, 0.4) is 0 Å². The van der Waals surface area contributed by atoms with Crippen LogP contribution in [0.25, 0.3) is 0 Å². The van der Waals surface area contributed by atoms with Crippen molar-refractivity contribution in [2.24, 2.45) is 10.9 Å². The third-order valence-electron chi connectivity index (χ3n) is 5.90. The molecule has 1 aromatic carbocycles. The maximum absolute atomic E-state index is 13.2. The van der Waals surface area contributed by atoms with E-state index in [1.807, 2.05) is 31.2 Å². The van der Waals surface area contributed by atoms with E-state index in [0.717, 1.165) is 64.6 Å². The Bertz CT molecular complexity index is 818. The summed E-state index contributed by atoms with van der Waals surface area (Å²) < 4.78 is 6.99. The first-order valence-corrected chi connectivity index (χ1v) is 10.9. The van der Waals surface area contributed by atoms with Crippen molar-refractivity contribution >= 4 is 40.1 Å². The summed E-state index contributed by atoms with van der Waals surface area (Å²) in [5, 5.41) is 0. The largest absolute Gasteiger partial charge is 0.462 e.